The molecule has 6 nitrogen and oxygen atoms in total. The molecule has 6 heteroatoms. The van der Waals surface area contributed by atoms with Crippen LogP contribution in [0.1, 0.15) is 37.9 Å². The molecule has 0 radical (unpaired) electrons. The van der Waals surface area contributed by atoms with Crippen LogP contribution in [0.25, 0.3) is 28.0 Å². The minimum Gasteiger partial charge on any atom is -0.508 e. The SMILES string of the molecule is CCc1cc(-c2nnc(N)n2-c2cccc3c2ccn3C(C)C)c(C)cc1O. The fraction of sp³-hybridized carbons (Fsp3) is 0.273. The molecule has 0 saturated carbocycles. The summed E-state index contributed by atoms with van der Waals surface area (Å²) in [6.07, 6.45) is 2.83. The van der Waals surface area contributed by atoms with Gasteiger partial charge in [0.1, 0.15) is 5.75 Å². The average molecular weight is 375 g/mol. The van der Waals surface area contributed by atoms with Crippen LogP contribution in [0, 0.1) is 6.92 Å². The van der Waals surface area contributed by atoms with E-state index in [1.54, 1.807) is 6.07 Å². The van der Waals surface area contributed by atoms with E-state index in [0.717, 1.165) is 39.7 Å². The maximum Gasteiger partial charge on any atom is 0.226 e. The minimum absolute atomic E-state index is 0.305. The number of hydrogen-bond donors (Lipinski definition) is 2. The molecule has 0 amide bonds. The number of fused-ring (bicyclic) bond motifs is 1. The van der Waals surface area contributed by atoms with Crippen molar-refractivity contribution in [3.8, 4) is 22.8 Å². The lowest BCUT2D eigenvalue weighted by atomic mass is 10.0. The van der Waals surface area contributed by atoms with Gasteiger partial charge in [-0.1, -0.05) is 13.0 Å². The van der Waals surface area contributed by atoms with Crippen LogP contribution < -0.4 is 5.73 Å². The number of anilines is 1. The molecule has 0 atom stereocenters. The highest BCUT2D eigenvalue weighted by Gasteiger charge is 2.19. The lowest BCUT2D eigenvalue weighted by Crippen LogP contribution is -2.05. The van der Waals surface area contributed by atoms with Crippen molar-refractivity contribution in [3.05, 3.63) is 53.7 Å². The van der Waals surface area contributed by atoms with Crippen molar-refractivity contribution in [2.24, 2.45) is 0 Å². The van der Waals surface area contributed by atoms with Crippen molar-refractivity contribution in [2.45, 2.75) is 40.2 Å². The molecule has 4 aromatic rings. The molecule has 3 N–H and O–H groups in total. The third-order valence-electron chi connectivity index (χ3n) is 5.27. The van der Waals surface area contributed by atoms with Crippen LogP contribution in [0.2, 0.25) is 0 Å². The Balaban J connectivity index is 1.98. The highest BCUT2D eigenvalue weighted by atomic mass is 16.3. The molecule has 0 unspecified atom stereocenters. The first-order chi connectivity index (χ1) is 13.4. The van der Waals surface area contributed by atoms with Gasteiger partial charge in [0.2, 0.25) is 5.95 Å². The highest BCUT2D eigenvalue weighted by Crippen LogP contribution is 2.34. The van der Waals surface area contributed by atoms with E-state index in [2.05, 4.69) is 46.9 Å². The average Bonchev–Trinajstić information content (AvgIpc) is 3.25. The Morgan fingerprint density at radius 2 is 1.93 bits per heavy atom. The number of phenolic OH excluding ortho intramolecular Hbond substituents is 1. The number of nitrogen functional groups attached to an aromatic ring is 1. The van der Waals surface area contributed by atoms with Crippen LogP contribution >= 0.6 is 0 Å². The van der Waals surface area contributed by atoms with Gasteiger partial charge in [-0.2, -0.15) is 0 Å². The Morgan fingerprint density at radius 1 is 1.14 bits per heavy atom. The molecule has 0 aliphatic rings. The van der Waals surface area contributed by atoms with Gasteiger partial charge < -0.3 is 15.4 Å². The molecule has 2 aromatic heterocycles. The van der Waals surface area contributed by atoms with Gasteiger partial charge in [-0.05, 0) is 68.7 Å². The van der Waals surface area contributed by atoms with Crippen molar-refractivity contribution >= 4 is 16.9 Å². The Labute approximate surface area is 164 Å². The second-order valence-corrected chi connectivity index (χ2v) is 7.39. The van der Waals surface area contributed by atoms with E-state index in [4.69, 9.17) is 5.73 Å². The zero-order chi connectivity index (χ0) is 20.0. The molecule has 0 bridgehead atoms. The number of nitrogens with zero attached hydrogens (tertiary/aromatic N) is 4. The molecule has 0 aliphatic carbocycles. The Kier molecular flexibility index (Phi) is 4.34. The smallest absolute Gasteiger partial charge is 0.226 e. The molecule has 0 aliphatic heterocycles. The zero-order valence-electron chi connectivity index (χ0n) is 16.6. The first kappa shape index (κ1) is 18.1. The van der Waals surface area contributed by atoms with E-state index in [1.165, 1.54) is 0 Å². The molecule has 2 heterocycles. The summed E-state index contributed by atoms with van der Waals surface area (Å²) in [5.41, 5.74) is 11.1. The van der Waals surface area contributed by atoms with E-state index in [9.17, 15) is 5.11 Å². The van der Waals surface area contributed by atoms with Gasteiger partial charge in [-0.25, -0.2) is 0 Å². The van der Waals surface area contributed by atoms with Gasteiger partial charge in [0.15, 0.2) is 5.82 Å². The monoisotopic (exact) mass is 375 g/mol. The predicted octanol–water partition coefficient (Wildman–Crippen LogP) is 4.63. The molecule has 0 spiro atoms. The fourth-order valence-corrected chi connectivity index (χ4v) is 3.79. The van der Waals surface area contributed by atoms with Crippen molar-refractivity contribution in [1.82, 2.24) is 19.3 Å². The first-order valence-corrected chi connectivity index (χ1v) is 9.56. The molecule has 28 heavy (non-hydrogen) atoms. The molecular weight excluding hydrogens is 350 g/mol. The van der Waals surface area contributed by atoms with Crippen molar-refractivity contribution in [1.29, 1.82) is 0 Å². The van der Waals surface area contributed by atoms with Gasteiger partial charge in [-0.3, -0.25) is 4.57 Å². The van der Waals surface area contributed by atoms with E-state index < -0.39 is 0 Å². The third kappa shape index (κ3) is 2.72. The van der Waals surface area contributed by atoms with Gasteiger partial charge in [0.25, 0.3) is 0 Å². The van der Waals surface area contributed by atoms with E-state index in [1.807, 2.05) is 36.6 Å². The van der Waals surface area contributed by atoms with Crippen LogP contribution in [-0.4, -0.2) is 24.4 Å². The van der Waals surface area contributed by atoms with Crippen molar-refractivity contribution in [3.63, 3.8) is 0 Å². The number of aryl methyl sites for hydroxylation is 2. The van der Waals surface area contributed by atoms with Crippen LogP contribution in [-0.2, 0) is 6.42 Å². The van der Waals surface area contributed by atoms with Crippen LogP contribution in [0.4, 0.5) is 5.95 Å². The van der Waals surface area contributed by atoms with Gasteiger partial charge in [0, 0.05) is 23.2 Å². The van der Waals surface area contributed by atoms with E-state index in [-0.39, 0.29) is 0 Å². The number of aromatic nitrogens is 4. The topological polar surface area (TPSA) is 81.9 Å². The standard InChI is InChI=1S/C22H25N5O/c1-5-15-12-17(14(4)11-20(15)28)21-24-25-22(23)27(21)19-8-6-7-18-16(19)9-10-26(18)13(2)3/h6-13,28H,5H2,1-4H3,(H2,23,25). The number of hydrogen-bond acceptors (Lipinski definition) is 4. The summed E-state index contributed by atoms with van der Waals surface area (Å²) in [5, 5.41) is 19.8. The quantitative estimate of drug-likeness (QED) is 0.545. The summed E-state index contributed by atoms with van der Waals surface area (Å²) < 4.78 is 4.13. The summed E-state index contributed by atoms with van der Waals surface area (Å²) in [7, 11) is 0. The summed E-state index contributed by atoms with van der Waals surface area (Å²) in [5.74, 6) is 1.32. The third-order valence-corrected chi connectivity index (χ3v) is 5.27. The first-order valence-electron chi connectivity index (χ1n) is 9.56. The molecule has 2 aromatic carbocycles. The second-order valence-electron chi connectivity index (χ2n) is 7.39. The normalized spacial score (nSPS) is 11.6. The number of rotatable bonds is 4. The number of benzene rings is 2. The summed E-state index contributed by atoms with van der Waals surface area (Å²) in [6, 6.07) is 12.4. The molecule has 0 saturated heterocycles. The summed E-state index contributed by atoms with van der Waals surface area (Å²) >= 11 is 0. The zero-order valence-corrected chi connectivity index (χ0v) is 16.6. The van der Waals surface area contributed by atoms with Gasteiger partial charge in [-0.15, -0.1) is 10.2 Å². The van der Waals surface area contributed by atoms with E-state index >= 15 is 0 Å². The highest BCUT2D eigenvalue weighted by molar-refractivity contribution is 5.90. The summed E-state index contributed by atoms with van der Waals surface area (Å²) in [6.45, 7) is 8.30. The predicted molar refractivity (Wildman–Crippen MR) is 113 cm³/mol. The van der Waals surface area contributed by atoms with Gasteiger partial charge >= 0.3 is 0 Å². The lowest BCUT2D eigenvalue weighted by Gasteiger charge is -2.14. The fourth-order valence-electron chi connectivity index (χ4n) is 3.79. The largest absolute Gasteiger partial charge is 0.508 e. The molecular formula is C22H25N5O. The van der Waals surface area contributed by atoms with Crippen LogP contribution in [0.15, 0.2) is 42.6 Å². The number of nitrogens with two attached hydrogens (primary N) is 1. The number of aromatic hydroxyl groups is 1. The maximum atomic E-state index is 10.2. The van der Waals surface area contributed by atoms with Crippen molar-refractivity contribution in [2.75, 3.05) is 5.73 Å². The second kappa shape index (κ2) is 6.71. The van der Waals surface area contributed by atoms with E-state index in [0.29, 0.717) is 23.6 Å². The number of phenols is 1. The molecule has 4 rings (SSSR count). The minimum atomic E-state index is 0.305. The Morgan fingerprint density at radius 3 is 2.64 bits per heavy atom. The molecule has 144 valence electrons. The molecule has 0 fully saturated rings. The van der Waals surface area contributed by atoms with Crippen LogP contribution in [0.3, 0.4) is 0 Å². The summed E-state index contributed by atoms with van der Waals surface area (Å²) in [4.78, 5) is 0. The maximum absolute atomic E-state index is 10.2. The Hall–Kier alpha value is -3.28. The lowest BCUT2D eigenvalue weighted by molar-refractivity contribution is 0.468. The van der Waals surface area contributed by atoms with Gasteiger partial charge in [0.05, 0.1) is 11.2 Å². The van der Waals surface area contributed by atoms with Crippen LogP contribution in [0.5, 0.6) is 5.75 Å². The van der Waals surface area contributed by atoms with Crippen molar-refractivity contribution < 1.29 is 5.11 Å². The Bertz CT molecular complexity index is 1170.